The van der Waals surface area contributed by atoms with Crippen molar-refractivity contribution in [3.63, 3.8) is 0 Å². The number of benzene rings is 2. The lowest BCUT2D eigenvalue weighted by Crippen LogP contribution is -1.84. The molecule has 2 aromatic carbocycles. The Balaban J connectivity index is 2.36. The summed E-state index contributed by atoms with van der Waals surface area (Å²) in [6, 6.07) is 17.0. The van der Waals surface area contributed by atoms with Crippen LogP contribution in [0.5, 0.6) is 0 Å². The Bertz CT molecular complexity index is 443. The van der Waals surface area contributed by atoms with Gasteiger partial charge in [-0.1, -0.05) is 64.5 Å². The van der Waals surface area contributed by atoms with E-state index in [4.69, 9.17) is 0 Å². The lowest BCUT2D eigenvalue weighted by atomic mass is 10.1. The normalized spacial score (nSPS) is 13.8. The van der Waals surface area contributed by atoms with Crippen LogP contribution in [0.2, 0.25) is 0 Å². The van der Waals surface area contributed by atoms with Crippen molar-refractivity contribution in [3.05, 3.63) is 64.5 Å². The van der Waals surface area contributed by atoms with E-state index in [9.17, 15) is 0 Å². The summed E-state index contributed by atoms with van der Waals surface area (Å²) in [7, 11) is 0. The largest absolute Gasteiger partial charge is 0.100 e. The van der Waals surface area contributed by atoms with Crippen molar-refractivity contribution in [3.8, 4) is 11.1 Å². The Hall–Kier alpha value is -1.08. The molecule has 0 nitrogen and oxygen atoms in total. The van der Waals surface area contributed by atoms with Crippen LogP contribution >= 0.6 is 15.9 Å². The highest BCUT2D eigenvalue weighted by Crippen LogP contribution is 2.46. The van der Waals surface area contributed by atoms with Gasteiger partial charge in [-0.15, -0.1) is 0 Å². The topological polar surface area (TPSA) is 0 Å². The van der Waals surface area contributed by atoms with Crippen LogP contribution in [0.15, 0.2) is 48.5 Å². The molecular weight excluding hydrogens is 236 g/mol. The first-order chi connectivity index (χ1) is 6.88. The monoisotopic (exact) mass is 243 g/mol. The van der Waals surface area contributed by atoms with Gasteiger partial charge in [0, 0.05) is 0 Å². The maximum absolute atomic E-state index is 3.65. The van der Waals surface area contributed by atoms with Gasteiger partial charge in [0.2, 0.25) is 0 Å². The third-order valence-corrected chi connectivity index (χ3v) is 3.47. The van der Waals surface area contributed by atoms with Crippen LogP contribution in [-0.4, -0.2) is 0 Å². The van der Waals surface area contributed by atoms with Crippen LogP contribution in [0.1, 0.15) is 11.1 Å². The Morgan fingerprint density at radius 2 is 0.929 bits per heavy atom. The molecule has 0 aliphatic heterocycles. The fourth-order valence-corrected chi connectivity index (χ4v) is 2.66. The Morgan fingerprint density at radius 1 is 0.571 bits per heavy atom. The molecule has 67 valence electrons. The predicted molar refractivity (Wildman–Crippen MR) is 62.3 cm³/mol. The van der Waals surface area contributed by atoms with Gasteiger partial charge >= 0.3 is 0 Å². The third kappa shape index (κ3) is 0.992. The van der Waals surface area contributed by atoms with Crippen molar-refractivity contribution in [2.24, 2.45) is 0 Å². The first kappa shape index (κ1) is 8.25. The number of hydrogen-bond acceptors (Lipinski definition) is 0. The summed E-state index contributed by atoms with van der Waals surface area (Å²) in [5, 5.41) is 0. The van der Waals surface area contributed by atoms with Crippen LogP contribution in [-0.2, 0) is 0 Å². The molecular formula is C13H8Br. The average molecular weight is 244 g/mol. The molecule has 0 N–H and O–H groups in total. The second-order valence-electron chi connectivity index (χ2n) is 3.41. The summed E-state index contributed by atoms with van der Waals surface area (Å²) in [6.45, 7) is 0. The zero-order chi connectivity index (χ0) is 9.54. The van der Waals surface area contributed by atoms with E-state index in [1.807, 2.05) is 0 Å². The van der Waals surface area contributed by atoms with Crippen molar-refractivity contribution in [1.29, 1.82) is 0 Å². The lowest BCUT2D eigenvalue weighted by Gasteiger charge is -2.01. The van der Waals surface area contributed by atoms with Gasteiger partial charge in [0.1, 0.15) is 4.83 Å². The van der Waals surface area contributed by atoms with Crippen molar-refractivity contribution in [2.75, 3.05) is 0 Å². The van der Waals surface area contributed by atoms with Crippen molar-refractivity contribution >= 4 is 15.9 Å². The predicted octanol–water partition coefficient (Wildman–Crippen LogP) is 3.99. The molecule has 0 fully saturated rings. The Labute approximate surface area is 91.7 Å². The molecule has 2 aromatic rings. The van der Waals surface area contributed by atoms with E-state index in [0.717, 1.165) is 0 Å². The summed E-state index contributed by atoms with van der Waals surface area (Å²) in [5.74, 6) is 0. The maximum atomic E-state index is 3.65. The first-order valence-corrected chi connectivity index (χ1v) is 5.39. The number of hydrogen-bond donors (Lipinski definition) is 0. The Kier molecular flexibility index (Phi) is 1.74. The van der Waals surface area contributed by atoms with E-state index >= 15 is 0 Å². The smallest absolute Gasteiger partial charge is 0.0725 e. The molecule has 0 aromatic heterocycles. The van der Waals surface area contributed by atoms with E-state index in [-0.39, 0.29) is 0 Å². The molecule has 0 saturated heterocycles. The van der Waals surface area contributed by atoms with E-state index in [2.05, 4.69) is 64.5 Å². The number of rotatable bonds is 0. The zero-order valence-electron chi connectivity index (χ0n) is 7.50. The highest BCUT2D eigenvalue weighted by atomic mass is 79.9. The molecule has 0 spiro atoms. The van der Waals surface area contributed by atoms with E-state index in [0.29, 0.717) is 0 Å². The summed E-state index contributed by atoms with van der Waals surface area (Å²) < 4.78 is 0. The Morgan fingerprint density at radius 3 is 1.36 bits per heavy atom. The third-order valence-electron chi connectivity index (χ3n) is 2.62. The minimum atomic E-state index is 1.21. The summed E-state index contributed by atoms with van der Waals surface area (Å²) in [5.41, 5.74) is 5.26. The minimum Gasteiger partial charge on any atom is -0.0725 e. The molecule has 0 amide bonds. The van der Waals surface area contributed by atoms with Gasteiger partial charge in [-0.25, -0.2) is 0 Å². The van der Waals surface area contributed by atoms with Crippen molar-refractivity contribution < 1.29 is 0 Å². The molecule has 1 heteroatoms. The van der Waals surface area contributed by atoms with Gasteiger partial charge in [0.05, 0.1) is 0 Å². The lowest BCUT2D eigenvalue weighted by molar-refractivity contribution is 1.51. The molecule has 0 saturated carbocycles. The van der Waals surface area contributed by atoms with Gasteiger partial charge in [0.25, 0.3) is 0 Å². The van der Waals surface area contributed by atoms with Gasteiger partial charge in [-0.2, -0.15) is 0 Å². The van der Waals surface area contributed by atoms with Gasteiger partial charge < -0.3 is 0 Å². The molecule has 3 rings (SSSR count). The second-order valence-corrected chi connectivity index (χ2v) is 4.20. The van der Waals surface area contributed by atoms with Crippen LogP contribution in [0.4, 0.5) is 0 Å². The number of fused-ring (bicyclic) bond motifs is 3. The van der Waals surface area contributed by atoms with Gasteiger partial charge in [-0.3, -0.25) is 0 Å². The molecule has 0 bridgehead atoms. The summed E-state index contributed by atoms with van der Waals surface area (Å²) in [6.07, 6.45) is 0. The van der Waals surface area contributed by atoms with Crippen LogP contribution < -0.4 is 0 Å². The molecule has 1 radical (unpaired) electrons. The minimum absolute atomic E-state index is 1.21. The zero-order valence-corrected chi connectivity index (χ0v) is 9.08. The highest BCUT2D eigenvalue weighted by Gasteiger charge is 2.25. The van der Waals surface area contributed by atoms with E-state index in [1.165, 1.54) is 27.1 Å². The summed E-state index contributed by atoms with van der Waals surface area (Å²) in [4.78, 5) is 1.21. The van der Waals surface area contributed by atoms with Crippen molar-refractivity contribution in [2.45, 2.75) is 0 Å². The molecule has 0 heterocycles. The highest BCUT2D eigenvalue weighted by molar-refractivity contribution is 9.11. The first-order valence-electron chi connectivity index (χ1n) is 4.59. The van der Waals surface area contributed by atoms with Crippen molar-refractivity contribution in [1.82, 2.24) is 0 Å². The fraction of sp³-hybridized carbons (Fsp3) is 0. The van der Waals surface area contributed by atoms with E-state index in [1.54, 1.807) is 0 Å². The maximum Gasteiger partial charge on any atom is 0.100 e. The SMILES string of the molecule is Br[C]1c2ccccc2-c2ccccc21. The quantitative estimate of drug-likeness (QED) is 0.657. The molecule has 0 atom stereocenters. The van der Waals surface area contributed by atoms with E-state index < -0.39 is 0 Å². The number of halogens is 1. The fourth-order valence-electron chi connectivity index (χ4n) is 1.96. The molecule has 1 aliphatic rings. The average Bonchev–Trinajstić information content (AvgIpc) is 2.55. The van der Waals surface area contributed by atoms with Gasteiger partial charge in [0.15, 0.2) is 0 Å². The molecule has 14 heavy (non-hydrogen) atoms. The van der Waals surface area contributed by atoms with Crippen LogP contribution in [0.3, 0.4) is 0 Å². The molecule has 0 unspecified atom stereocenters. The van der Waals surface area contributed by atoms with Crippen LogP contribution in [0, 0.1) is 4.83 Å². The second kappa shape index (κ2) is 2.96. The summed E-state index contributed by atoms with van der Waals surface area (Å²) >= 11 is 3.65. The standard InChI is InChI=1S/C13H8Br/c14-13-11-7-3-1-5-9(11)10-6-2-4-8-12(10)13/h1-8H. The van der Waals surface area contributed by atoms with Crippen LogP contribution in [0.25, 0.3) is 11.1 Å². The van der Waals surface area contributed by atoms with Gasteiger partial charge in [-0.05, 0) is 22.3 Å². The molecule has 1 aliphatic carbocycles.